The quantitative estimate of drug-likeness (QED) is 0.737. The lowest BCUT2D eigenvalue weighted by Gasteiger charge is -2.41. The largest absolute Gasteiger partial charge is 0.393 e. The third-order valence-corrected chi connectivity index (χ3v) is 4.54. The van der Waals surface area contributed by atoms with E-state index in [9.17, 15) is 9.90 Å². The minimum absolute atomic E-state index is 0.0996. The number of nitrogens with one attached hydrogen (secondary N) is 1. The summed E-state index contributed by atoms with van der Waals surface area (Å²) in [6.45, 7) is 3.87. The van der Waals surface area contributed by atoms with Gasteiger partial charge in [-0.1, -0.05) is 0 Å². The van der Waals surface area contributed by atoms with Crippen LogP contribution < -0.4 is 5.32 Å². The second kappa shape index (κ2) is 4.47. The molecule has 3 saturated heterocycles. The Morgan fingerprint density at radius 1 is 1.39 bits per heavy atom. The van der Waals surface area contributed by atoms with Crippen LogP contribution in [0.1, 0.15) is 32.6 Å². The highest BCUT2D eigenvalue weighted by molar-refractivity contribution is 5.78. The number of fused-ring (bicyclic) bond motifs is 2. The van der Waals surface area contributed by atoms with Gasteiger partial charge in [0.2, 0.25) is 5.91 Å². The van der Waals surface area contributed by atoms with E-state index in [-0.39, 0.29) is 36.3 Å². The maximum atomic E-state index is 12.3. The van der Waals surface area contributed by atoms with E-state index in [2.05, 4.69) is 5.32 Å². The predicted molar refractivity (Wildman–Crippen MR) is 66.1 cm³/mol. The van der Waals surface area contributed by atoms with Crippen LogP contribution in [0.4, 0.5) is 0 Å². The first-order chi connectivity index (χ1) is 8.57. The van der Waals surface area contributed by atoms with Crippen molar-refractivity contribution >= 4 is 5.91 Å². The van der Waals surface area contributed by atoms with Gasteiger partial charge >= 0.3 is 0 Å². The van der Waals surface area contributed by atoms with Crippen molar-refractivity contribution in [2.24, 2.45) is 0 Å². The number of ether oxygens (including phenoxy) is 1. The van der Waals surface area contributed by atoms with Crippen LogP contribution in [0.2, 0.25) is 0 Å². The summed E-state index contributed by atoms with van der Waals surface area (Å²) in [5, 5.41) is 12.9. The lowest BCUT2D eigenvalue weighted by atomic mass is 9.99. The van der Waals surface area contributed by atoms with Gasteiger partial charge in [0.1, 0.15) is 6.61 Å². The number of carbonyl (C=O) groups is 1. The molecule has 3 heterocycles. The second-order valence-corrected chi connectivity index (χ2v) is 6.15. The average molecular weight is 254 g/mol. The molecule has 0 aliphatic carbocycles. The number of carbonyl (C=O) groups excluding carboxylic acids is 1. The van der Waals surface area contributed by atoms with Gasteiger partial charge < -0.3 is 20.1 Å². The van der Waals surface area contributed by atoms with E-state index in [1.807, 2.05) is 11.8 Å². The Labute approximate surface area is 107 Å². The summed E-state index contributed by atoms with van der Waals surface area (Å²) in [5.74, 6) is 0.0996. The topological polar surface area (TPSA) is 61.8 Å². The van der Waals surface area contributed by atoms with Gasteiger partial charge in [0.25, 0.3) is 0 Å². The van der Waals surface area contributed by atoms with E-state index >= 15 is 0 Å². The Kier molecular flexibility index (Phi) is 3.08. The van der Waals surface area contributed by atoms with E-state index in [1.54, 1.807) is 0 Å². The van der Waals surface area contributed by atoms with Crippen molar-refractivity contribution in [3.63, 3.8) is 0 Å². The first-order valence-corrected chi connectivity index (χ1v) is 6.91. The standard InChI is InChI=1S/C13H22N2O3/c1-13(7-14-8-13)18-6-12(17)15-9-2-3-10(15)5-11(16)4-9/h9-11,14,16H,2-8H2,1H3. The summed E-state index contributed by atoms with van der Waals surface area (Å²) in [7, 11) is 0. The van der Waals surface area contributed by atoms with Crippen molar-refractivity contribution in [1.29, 1.82) is 0 Å². The van der Waals surface area contributed by atoms with Crippen molar-refractivity contribution < 1.29 is 14.6 Å². The van der Waals surface area contributed by atoms with Gasteiger partial charge in [-0.15, -0.1) is 0 Å². The normalized spacial score (nSPS) is 37.4. The van der Waals surface area contributed by atoms with E-state index < -0.39 is 0 Å². The molecule has 5 heteroatoms. The van der Waals surface area contributed by atoms with Gasteiger partial charge in [0.05, 0.1) is 11.7 Å². The third kappa shape index (κ3) is 2.15. The maximum absolute atomic E-state index is 12.3. The minimum atomic E-state index is -0.221. The highest BCUT2D eigenvalue weighted by atomic mass is 16.5. The van der Waals surface area contributed by atoms with Crippen molar-refractivity contribution in [3.8, 4) is 0 Å². The zero-order chi connectivity index (χ0) is 12.8. The number of hydrogen-bond acceptors (Lipinski definition) is 4. The van der Waals surface area contributed by atoms with Gasteiger partial charge in [-0.3, -0.25) is 4.79 Å². The molecule has 0 aromatic carbocycles. The SMILES string of the molecule is CC1(OCC(=O)N2C3CCC2CC(O)C3)CNC1. The molecule has 3 aliphatic heterocycles. The van der Waals surface area contributed by atoms with Crippen molar-refractivity contribution in [2.45, 2.75) is 56.4 Å². The predicted octanol–water partition coefficient (Wildman–Crippen LogP) is -0.121. The Bertz CT molecular complexity index is 329. The number of aliphatic hydroxyl groups excluding tert-OH is 1. The van der Waals surface area contributed by atoms with Gasteiger partial charge in [-0.2, -0.15) is 0 Å². The van der Waals surface area contributed by atoms with Gasteiger partial charge in [0.15, 0.2) is 0 Å². The van der Waals surface area contributed by atoms with Gasteiger partial charge in [0, 0.05) is 25.2 Å². The molecule has 0 aromatic heterocycles. The smallest absolute Gasteiger partial charge is 0.249 e. The molecule has 3 rings (SSSR count). The summed E-state index contributed by atoms with van der Waals surface area (Å²) in [6.07, 6.45) is 3.32. The molecule has 102 valence electrons. The summed E-state index contributed by atoms with van der Waals surface area (Å²) in [5.41, 5.74) is -0.163. The Morgan fingerprint density at radius 3 is 2.50 bits per heavy atom. The lowest BCUT2D eigenvalue weighted by molar-refractivity contribution is -0.151. The summed E-state index contributed by atoms with van der Waals surface area (Å²) in [4.78, 5) is 14.2. The van der Waals surface area contributed by atoms with Crippen LogP contribution in [0.5, 0.6) is 0 Å². The Hall–Kier alpha value is -0.650. The van der Waals surface area contributed by atoms with Crippen molar-refractivity contribution in [1.82, 2.24) is 10.2 Å². The van der Waals surface area contributed by atoms with Crippen LogP contribution in [-0.2, 0) is 9.53 Å². The number of piperidine rings is 1. The van der Waals surface area contributed by atoms with E-state index in [4.69, 9.17) is 4.74 Å². The summed E-state index contributed by atoms with van der Waals surface area (Å²) in [6, 6.07) is 0.476. The highest BCUT2D eigenvalue weighted by Gasteiger charge is 2.43. The molecule has 3 fully saturated rings. The molecule has 0 radical (unpaired) electrons. The Balaban J connectivity index is 1.56. The molecule has 18 heavy (non-hydrogen) atoms. The molecule has 2 unspecified atom stereocenters. The van der Waals surface area contributed by atoms with E-state index in [0.717, 1.165) is 38.8 Å². The number of amides is 1. The third-order valence-electron chi connectivity index (χ3n) is 4.54. The fourth-order valence-electron chi connectivity index (χ4n) is 3.45. The fraction of sp³-hybridized carbons (Fsp3) is 0.923. The zero-order valence-corrected chi connectivity index (χ0v) is 10.9. The number of hydrogen-bond donors (Lipinski definition) is 2. The molecular formula is C13H22N2O3. The molecular weight excluding hydrogens is 232 g/mol. The first kappa shape index (κ1) is 12.4. The monoisotopic (exact) mass is 254 g/mol. The van der Waals surface area contributed by atoms with Gasteiger partial charge in [-0.05, 0) is 32.6 Å². The van der Waals surface area contributed by atoms with Crippen LogP contribution in [0.15, 0.2) is 0 Å². The highest BCUT2D eigenvalue weighted by Crippen LogP contribution is 2.35. The lowest BCUT2D eigenvalue weighted by Crippen LogP contribution is -2.60. The molecule has 0 saturated carbocycles. The van der Waals surface area contributed by atoms with Crippen LogP contribution >= 0.6 is 0 Å². The Morgan fingerprint density at radius 2 is 2.00 bits per heavy atom. The van der Waals surface area contributed by atoms with Crippen molar-refractivity contribution in [3.05, 3.63) is 0 Å². The van der Waals surface area contributed by atoms with Crippen LogP contribution in [0.25, 0.3) is 0 Å². The van der Waals surface area contributed by atoms with Crippen LogP contribution in [0.3, 0.4) is 0 Å². The molecule has 2 bridgehead atoms. The fourth-order valence-corrected chi connectivity index (χ4v) is 3.45. The summed E-state index contributed by atoms with van der Waals surface area (Å²) < 4.78 is 5.72. The van der Waals surface area contributed by atoms with E-state index in [0.29, 0.717) is 0 Å². The van der Waals surface area contributed by atoms with Crippen LogP contribution in [-0.4, -0.2) is 59.4 Å². The molecule has 2 N–H and O–H groups in total. The molecule has 0 aromatic rings. The molecule has 2 atom stereocenters. The van der Waals surface area contributed by atoms with Crippen molar-refractivity contribution in [2.75, 3.05) is 19.7 Å². The maximum Gasteiger partial charge on any atom is 0.249 e. The number of rotatable bonds is 3. The van der Waals surface area contributed by atoms with E-state index in [1.165, 1.54) is 0 Å². The number of aliphatic hydroxyl groups is 1. The summed E-state index contributed by atoms with van der Waals surface area (Å²) >= 11 is 0. The second-order valence-electron chi connectivity index (χ2n) is 6.15. The first-order valence-electron chi connectivity index (χ1n) is 6.91. The van der Waals surface area contributed by atoms with Gasteiger partial charge in [-0.25, -0.2) is 0 Å². The molecule has 5 nitrogen and oxygen atoms in total. The zero-order valence-electron chi connectivity index (χ0n) is 10.9. The number of nitrogens with zero attached hydrogens (tertiary/aromatic N) is 1. The van der Waals surface area contributed by atoms with Crippen LogP contribution in [0, 0.1) is 0 Å². The molecule has 3 aliphatic rings. The average Bonchev–Trinajstić information content (AvgIpc) is 2.56. The molecule has 1 amide bonds. The minimum Gasteiger partial charge on any atom is -0.393 e. The molecule has 0 spiro atoms.